The van der Waals surface area contributed by atoms with Crippen molar-refractivity contribution >= 4 is 0 Å². The molecule has 0 fully saturated rings. The van der Waals surface area contributed by atoms with E-state index in [1.807, 2.05) is 60.7 Å². The predicted molar refractivity (Wildman–Crippen MR) is 114 cm³/mol. The zero-order valence-electron chi connectivity index (χ0n) is 16.7. The first kappa shape index (κ1) is 19.6. The van der Waals surface area contributed by atoms with Gasteiger partial charge in [0.1, 0.15) is 12.7 Å². The summed E-state index contributed by atoms with van der Waals surface area (Å²) in [4.78, 5) is 24.9. The van der Waals surface area contributed by atoms with Crippen LogP contribution in [0.3, 0.4) is 0 Å². The van der Waals surface area contributed by atoms with Gasteiger partial charge in [-0.05, 0) is 37.1 Å². The normalized spacial score (nSPS) is 11.1. The van der Waals surface area contributed by atoms with Crippen molar-refractivity contribution in [2.75, 3.05) is 0 Å². The summed E-state index contributed by atoms with van der Waals surface area (Å²) in [5.74, 6) is 0. The van der Waals surface area contributed by atoms with Crippen molar-refractivity contribution in [1.29, 1.82) is 0 Å². The molecule has 0 aliphatic carbocycles. The summed E-state index contributed by atoms with van der Waals surface area (Å²) < 4.78 is 6.11. The summed E-state index contributed by atoms with van der Waals surface area (Å²) in [6.45, 7) is 1.27. The molecule has 0 spiro atoms. The van der Waals surface area contributed by atoms with Gasteiger partial charge in [-0.25, -0.2) is 9.59 Å². The molecule has 0 atom stereocenters. The van der Waals surface area contributed by atoms with E-state index in [0.29, 0.717) is 13.1 Å². The molecule has 4 rings (SSSR count). The van der Waals surface area contributed by atoms with E-state index >= 15 is 0 Å². The highest BCUT2D eigenvalue weighted by Crippen LogP contribution is 2.06. The number of aromatic nitrogens is 6. The van der Waals surface area contributed by atoms with Gasteiger partial charge in [-0.15, -0.1) is 0 Å². The number of hydrogen-bond donors (Lipinski definition) is 0. The molecule has 0 N–H and O–H groups in total. The van der Waals surface area contributed by atoms with Gasteiger partial charge >= 0.3 is 11.4 Å². The SMILES string of the molecule is O=c1n(CCCCCCn2cnn(-c3ccccc3)c2=O)cnn1-c1ccccc1. The fraction of sp³-hybridized carbons (Fsp3) is 0.273. The standard InChI is InChI=1S/C22H24N6O2/c29-21-25(17-23-27(21)19-11-5-3-6-12-19)15-9-1-2-10-16-26-18-24-28(22(26)30)20-13-7-4-8-14-20/h3-8,11-14,17-18H,1-2,9-10,15-16H2. The van der Waals surface area contributed by atoms with E-state index in [0.717, 1.165) is 37.1 Å². The Hall–Kier alpha value is -3.68. The number of benzene rings is 2. The van der Waals surface area contributed by atoms with Gasteiger partial charge in [-0.3, -0.25) is 9.13 Å². The lowest BCUT2D eigenvalue weighted by molar-refractivity contribution is 0.526. The summed E-state index contributed by atoms with van der Waals surface area (Å²) in [7, 11) is 0. The maximum atomic E-state index is 12.4. The van der Waals surface area contributed by atoms with Crippen molar-refractivity contribution in [2.45, 2.75) is 38.8 Å². The molecule has 8 nitrogen and oxygen atoms in total. The lowest BCUT2D eigenvalue weighted by Crippen LogP contribution is -2.24. The number of nitrogens with zero attached hydrogens (tertiary/aromatic N) is 6. The minimum atomic E-state index is -0.124. The van der Waals surface area contributed by atoms with Crippen LogP contribution >= 0.6 is 0 Å². The minimum absolute atomic E-state index is 0.124. The summed E-state index contributed by atoms with van der Waals surface area (Å²) in [6, 6.07) is 18.8. The highest BCUT2D eigenvalue weighted by Gasteiger charge is 2.07. The molecule has 8 heteroatoms. The molecule has 30 heavy (non-hydrogen) atoms. The lowest BCUT2D eigenvalue weighted by atomic mass is 10.2. The number of unbranched alkanes of at least 4 members (excludes halogenated alkanes) is 3. The predicted octanol–water partition coefficient (Wildman–Crippen LogP) is 2.64. The molecule has 4 aromatic rings. The number of hydrogen-bond acceptors (Lipinski definition) is 4. The van der Waals surface area contributed by atoms with E-state index in [1.165, 1.54) is 9.36 Å². The molecule has 0 aliphatic rings. The van der Waals surface area contributed by atoms with E-state index in [1.54, 1.807) is 21.8 Å². The van der Waals surface area contributed by atoms with Crippen LogP contribution in [0.4, 0.5) is 0 Å². The second kappa shape index (κ2) is 9.21. The molecule has 0 unspecified atom stereocenters. The van der Waals surface area contributed by atoms with E-state index < -0.39 is 0 Å². The molecular formula is C22H24N6O2. The van der Waals surface area contributed by atoms with Crippen LogP contribution in [0.2, 0.25) is 0 Å². The Morgan fingerprint density at radius 1 is 0.567 bits per heavy atom. The molecule has 2 aromatic heterocycles. The zero-order chi connectivity index (χ0) is 20.8. The van der Waals surface area contributed by atoms with Gasteiger partial charge in [-0.2, -0.15) is 19.6 Å². The monoisotopic (exact) mass is 404 g/mol. The topological polar surface area (TPSA) is 79.6 Å². The average Bonchev–Trinajstić information content (AvgIpc) is 3.34. The number of aryl methyl sites for hydroxylation is 2. The van der Waals surface area contributed by atoms with E-state index in [9.17, 15) is 9.59 Å². The first-order chi connectivity index (χ1) is 14.7. The zero-order valence-corrected chi connectivity index (χ0v) is 16.7. The first-order valence-electron chi connectivity index (χ1n) is 10.1. The lowest BCUT2D eigenvalue weighted by Gasteiger charge is -2.03. The molecule has 0 aliphatic heterocycles. The van der Waals surface area contributed by atoms with Gasteiger partial charge in [0.05, 0.1) is 11.4 Å². The minimum Gasteiger partial charge on any atom is -0.281 e. The van der Waals surface area contributed by atoms with Crippen molar-refractivity contribution in [1.82, 2.24) is 28.7 Å². The van der Waals surface area contributed by atoms with Crippen molar-refractivity contribution in [3.8, 4) is 11.4 Å². The molecule has 2 heterocycles. The Kier molecular flexibility index (Phi) is 6.03. The Morgan fingerprint density at radius 2 is 0.967 bits per heavy atom. The summed E-state index contributed by atoms with van der Waals surface area (Å²) in [6.07, 6.45) is 6.91. The first-order valence-corrected chi connectivity index (χ1v) is 10.1. The van der Waals surface area contributed by atoms with Crippen molar-refractivity contribution in [3.05, 3.63) is 94.3 Å². The van der Waals surface area contributed by atoms with Gasteiger partial charge in [0.15, 0.2) is 0 Å². The molecule has 0 saturated carbocycles. The van der Waals surface area contributed by atoms with Crippen LogP contribution in [0.15, 0.2) is 82.9 Å². The largest absolute Gasteiger partial charge is 0.350 e. The highest BCUT2D eigenvalue weighted by atomic mass is 16.2. The van der Waals surface area contributed by atoms with Crippen LogP contribution in [-0.2, 0) is 13.1 Å². The molecule has 2 aromatic carbocycles. The van der Waals surface area contributed by atoms with E-state index in [4.69, 9.17) is 0 Å². The fourth-order valence-electron chi connectivity index (χ4n) is 3.39. The van der Waals surface area contributed by atoms with Crippen LogP contribution in [0.1, 0.15) is 25.7 Å². The Bertz CT molecular complexity index is 1090. The van der Waals surface area contributed by atoms with Gasteiger partial charge in [0.2, 0.25) is 0 Å². The van der Waals surface area contributed by atoms with E-state index in [-0.39, 0.29) is 11.4 Å². The maximum absolute atomic E-state index is 12.4. The summed E-state index contributed by atoms with van der Waals surface area (Å²) in [5, 5.41) is 8.40. The fourth-order valence-corrected chi connectivity index (χ4v) is 3.39. The molecule has 0 radical (unpaired) electrons. The van der Waals surface area contributed by atoms with Gasteiger partial charge < -0.3 is 0 Å². The quantitative estimate of drug-likeness (QED) is 0.402. The molecule has 154 valence electrons. The average molecular weight is 404 g/mol. The van der Waals surface area contributed by atoms with Crippen LogP contribution in [-0.4, -0.2) is 28.7 Å². The van der Waals surface area contributed by atoms with Crippen molar-refractivity contribution in [2.24, 2.45) is 0 Å². The Balaban J connectivity index is 1.23. The van der Waals surface area contributed by atoms with Crippen molar-refractivity contribution < 1.29 is 0 Å². The summed E-state index contributed by atoms with van der Waals surface area (Å²) in [5.41, 5.74) is 1.28. The van der Waals surface area contributed by atoms with Crippen LogP contribution in [0.25, 0.3) is 11.4 Å². The van der Waals surface area contributed by atoms with Crippen LogP contribution < -0.4 is 11.4 Å². The number of para-hydroxylation sites is 2. The smallest absolute Gasteiger partial charge is 0.281 e. The van der Waals surface area contributed by atoms with Crippen LogP contribution in [0, 0.1) is 0 Å². The van der Waals surface area contributed by atoms with Crippen molar-refractivity contribution in [3.63, 3.8) is 0 Å². The third-order valence-electron chi connectivity index (χ3n) is 5.02. The molecule has 0 amide bonds. The van der Waals surface area contributed by atoms with Gasteiger partial charge in [0, 0.05) is 13.1 Å². The molecule has 0 bridgehead atoms. The third-order valence-corrected chi connectivity index (χ3v) is 5.02. The molecular weight excluding hydrogens is 380 g/mol. The number of rotatable bonds is 9. The second-order valence-corrected chi connectivity index (χ2v) is 7.12. The third kappa shape index (κ3) is 4.32. The second-order valence-electron chi connectivity index (χ2n) is 7.12. The Labute approximate surface area is 173 Å². The Morgan fingerprint density at radius 3 is 1.37 bits per heavy atom. The highest BCUT2D eigenvalue weighted by molar-refractivity contribution is 5.29. The summed E-state index contributed by atoms with van der Waals surface area (Å²) >= 11 is 0. The van der Waals surface area contributed by atoms with Gasteiger partial charge in [-0.1, -0.05) is 49.2 Å². The van der Waals surface area contributed by atoms with Crippen LogP contribution in [0.5, 0.6) is 0 Å². The maximum Gasteiger partial charge on any atom is 0.350 e. The van der Waals surface area contributed by atoms with E-state index in [2.05, 4.69) is 10.2 Å². The van der Waals surface area contributed by atoms with Gasteiger partial charge in [0.25, 0.3) is 0 Å². The molecule has 0 saturated heterocycles.